The zero-order valence-corrected chi connectivity index (χ0v) is 12.7. The van der Waals surface area contributed by atoms with Gasteiger partial charge < -0.3 is 39.7 Å². The molecule has 1 aromatic rings. The summed E-state index contributed by atoms with van der Waals surface area (Å²) in [6.45, 7) is 1.26. The van der Waals surface area contributed by atoms with Crippen LogP contribution in [0.25, 0.3) is 0 Å². The van der Waals surface area contributed by atoms with Crippen LogP contribution in [-0.4, -0.2) is 74.7 Å². The maximum absolute atomic E-state index is 12.5. The van der Waals surface area contributed by atoms with E-state index < -0.39 is 48.3 Å². The van der Waals surface area contributed by atoms with Crippen molar-refractivity contribution < 1.29 is 44.5 Å². The van der Waals surface area contributed by atoms with Crippen molar-refractivity contribution >= 4 is 5.78 Å². The largest absolute Gasteiger partial charge is 0.508 e. The van der Waals surface area contributed by atoms with E-state index in [9.17, 15) is 30.3 Å². The second-order valence-corrected chi connectivity index (χ2v) is 5.82. The monoisotopic (exact) mass is 342 g/mol. The van der Waals surface area contributed by atoms with Gasteiger partial charge in [-0.1, -0.05) is 0 Å². The van der Waals surface area contributed by atoms with Gasteiger partial charge in [-0.3, -0.25) is 4.79 Å². The van der Waals surface area contributed by atoms with Crippen LogP contribution in [0.1, 0.15) is 17.3 Å². The van der Waals surface area contributed by atoms with Gasteiger partial charge in [-0.15, -0.1) is 0 Å². The number of rotatable bonds is 2. The summed E-state index contributed by atoms with van der Waals surface area (Å²) in [5.74, 6) is -1.31. The van der Waals surface area contributed by atoms with Crippen molar-refractivity contribution in [1.29, 1.82) is 0 Å². The Morgan fingerprint density at radius 2 is 1.83 bits per heavy atom. The molecular formula is C15H18O9. The molecule has 2 aliphatic rings. The van der Waals surface area contributed by atoms with E-state index in [1.807, 2.05) is 0 Å². The Bertz CT molecular complexity index is 646. The van der Waals surface area contributed by atoms with E-state index in [4.69, 9.17) is 14.2 Å². The summed E-state index contributed by atoms with van der Waals surface area (Å²) in [5, 5.41) is 48.6. The Balaban J connectivity index is 1.78. The van der Waals surface area contributed by atoms with Crippen LogP contribution in [0.5, 0.6) is 17.2 Å². The fourth-order valence-corrected chi connectivity index (χ4v) is 2.74. The lowest BCUT2D eigenvalue weighted by Crippen LogP contribution is -2.58. The minimum absolute atomic E-state index is 0.0197. The smallest absolute Gasteiger partial charge is 0.202 e. The molecule has 0 aromatic heterocycles. The zero-order chi connectivity index (χ0) is 17.6. The molecule has 3 rings (SSSR count). The molecule has 0 radical (unpaired) electrons. The Kier molecular flexibility index (Phi) is 4.37. The summed E-state index contributed by atoms with van der Waals surface area (Å²) in [5.41, 5.74) is -0.150. The van der Waals surface area contributed by atoms with Gasteiger partial charge in [0.25, 0.3) is 0 Å². The quantitative estimate of drug-likeness (QED) is 0.451. The number of fused-ring (bicyclic) bond motifs is 1. The molecule has 2 heterocycles. The molecule has 5 N–H and O–H groups in total. The number of carbonyl (C=O) groups excluding carboxylic acids is 1. The number of ketones is 1. The van der Waals surface area contributed by atoms with Crippen LogP contribution in [0, 0.1) is 0 Å². The van der Waals surface area contributed by atoms with Crippen molar-refractivity contribution in [2.24, 2.45) is 0 Å². The Morgan fingerprint density at radius 3 is 2.54 bits per heavy atom. The van der Waals surface area contributed by atoms with E-state index in [-0.39, 0.29) is 23.7 Å². The minimum Gasteiger partial charge on any atom is -0.508 e. The number of aliphatic hydroxyl groups is 3. The molecule has 1 saturated heterocycles. The number of hydrogen-bond donors (Lipinski definition) is 5. The lowest BCUT2D eigenvalue weighted by atomic mass is 9.99. The first kappa shape index (κ1) is 16.9. The maximum Gasteiger partial charge on any atom is 0.202 e. The number of phenolic OH excluding ortho intramolecular Hbond substituents is 2. The van der Waals surface area contributed by atoms with E-state index >= 15 is 0 Å². The number of phenols is 2. The number of aliphatic hydroxyl groups excluding tert-OH is 3. The Labute approximate surface area is 136 Å². The van der Waals surface area contributed by atoms with E-state index in [1.54, 1.807) is 0 Å². The number of aromatic hydroxyl groups is 2. The molecule has 24 heavy (non-hydrogen) atoms. The van der Waals surface area contributed by atoms with Crippen molar-refractivity contribution in [3.63, 3.8) is 0 Å². The number of hydrogen-bond acceptors (Lipinski definition) is 9. The predicted molar refractivity (Wildman–Crippen MR) is 76.8 cm³/mol. The second-order valence-electron chi connectivity index (χ2n) is 5.82. The van der Waals surface area contributed by atoms with Gasteiger partial charge >= 0.3 is 0 Å². The topological polar surface area (TPSA) is 146 Å². The van der Waals surface area contributed by atoms with Gasteiger partial charge in [0.05, 0.1) is 6.10 Å². The third-order valence-electron chi connectivity index (χ3n) is 4.10. The predicted octanol–water partition coefficient (Wildman–Crippen LogP) is -1.11. The highest BCUT2D eigenvalue weighted by atomic mass is 16.7. The number of Topliss-reactive ketones (excluding diaryl/α,β-unsaturated/α-hetero) is 1. The third kappa shape index (κ3) is 2.80. The molecule has 1 unspecified atom stereocenters. The van der Waals surface area contributed by atoms with Gasteiger partial charge in [0.2, 0.25) is 5.78 Å². The average molecular weight is 342 g/mol. The van der Waals surface area contributed by atoms with Crippen LogP contribution in [0.4, 0.5) is 0 Å². The van der Waals surface area contributed by atoms with Crippen molar-refractivity contribution in [3.8, 4) is 17.2 Å². The molecule has 2 aliphatic heterocycles. The summed E-state index contributed by atoms with van der Waals surface area (Å²) < 4.78 is 16.0. The van der Waals surface area contributed by atoms with E-state index in [1.165, 1.54) is 13.0 Å². The first-order valence-corrected chi connectivity index (χ1v) is 7.37. The molecule has 6 atom stereocenters. The third-order valence-corrected chi connectivity index (χ3v) is 4.10. The summed E-state index contributed by atoms with van der Waals surface area (Å²) in [4.78, 5) is 12.5. The molecule has 132 valence electrons. The molecule has 1 aromatic carbocycles. The molecule has 9 nitrogen and oxygen atoms in total. The fourth-order valence-electron chi connectivity index (χ4n) is 2.74. The SMILES string of the molecule is C[C@@H]1O[C@@H](OC2COc3cc(O)cc(O)c3C2=O)[C@H](O)[C@H](O)[C@H]1O. The molecule has 0 spiro atoms. The van der Waals surface area contributed by atoms with Crippen LogP contribution in [0.15, 0.2) is 12.1 Å². The summed E-state index contributed by atoms with van der Waals surface area (Å²) >= 11 is 0. The minimum atomic E-state index is -1.56. The Morgan fingerprint density at radius 1 is 1.12 bits per heavy atom. The van der Waals surface area contributed by atoms with Gasteiger partial charge in [-0.05, 0) is 6.92 Å². The van der Waals surface area contributed by atoms with Crippen molar-refractivity contribution in [1.82, 2.24) is 0 Å². The standard InChI is InChI=1S/C15H18O9/c1-5-11(18)13(20)14(21)15(23-5)24-9-4-22-8-3-6(16)2-7(17)10(8)12(9)19/h2-3,5,9,11,13-18,20-21H,4H2,1H3/t5-,9?,11-,13+,14+,15-/m0/s1. The van der Waals surface area contributed by atoms with Crippen LogP contribution >= 0.6 is 0 Å². The van der Waals surface area contributed by atoms with Crippen LogP contribution in [0.2, 0.25) is 0 Å². The van der Waals surface area contributed by atoms with Crippen LogP contribution in [-0.2, 0) is 9.47 Å². The number of ether oxygens (including phenoxy) is 3. The summed E-state index contributed by atoms with van der Waals surface area (Å²) in [6, 6.07) is 2.19. The first-order valence-electron chi connectivity index (χ1n) is 7.37. The summed E-state index contributed by atoms with van der Waals surface area (Å²) in [7, 11) is 0. The van der Waals surface area contributed by atoms with Crippen molar-refractivity contribution in [2.45, 2.75) is 43.7 Å². The van der Waals surface area contributed by atoms with E-state index in [0.717, 1.165) is 6.07 Å². The lowest BCUT2D eigenvalue weighted by Gasteiger charge is -2.40. The maximum atomic E-state index is 12.5. The van der Waals surface area contributed by atoms with Crippen molar-refractivity contribution in [3.05, 3.63) is 17.7 Å². The Hall–Kier alpha value is -1.91. The van der Waals surface area contributed by atoms with Gasteiger partial charge in [0, 0.05) is 12.1 Å². The molecule has 0 aliphatic carbocycles. The van der Waals surface area contributed by atoms with E-state index in [2.05, 4.69) is 0 Å². The van der Waals surface area contributed by atoms with Crippen LogP contribution in [0.3, 0.4) is 0 Å². The highest BCUT2D eigenvalue weighted by Gasteiger charge is 2.45. The van der Waals surface area contributed by atoms with Crippen LogP contribution < -0.4 is 4.74 Å². The molecule has 1 fully saturated rings. The molecule has 0 amide bonds. The zero-order valence-electron chi connectivity index (χ0n) is 12.7. The van der Waals surface area contributed by atoms with Gasteiger partial charge in [0.1, 0.15) is 47.7 Å². The normalized spacial score (nSPS) is 36.1. The van der Waals surface area contributed by atoms with Gasteiger partial charge in [0.15, 0.2) is 12.4 Å². The molecule has 9 heteroatoms. The first-order chi connectivity index (χ1) is 11.3. The van der Waals surface area contributed by atoms with Crippen molar-refractivity contribution in [2.75, 3.05) is 6.61 Å². The molecular weight excluding hydrogens is 324 g/mol. The highest BCUT2D eigenvalue weighted by Crippen LogP contribution is 2.37. The molecule has 0 saturated carbocycles. The average Bonchev–Trinajstić information content (AvgIpc) is 2.52. The lowest BCUT2D eigenvalue weighted by molar-refractivity contribution is -0.300. The number of carbonyl (C=O) groups is 1. The fraction of sp³-hybridized carbons (Fsp3) is 0.533. The van der Waals surface area contributed by atoms with Gasteiger partial charge in [-0.25, -0.2) is 0 Å². The van der Waals surface area contributed by atoms with Gasteiger partial charge in [-0.2, -0.15) is 0 Å². The summed E-state index contributed by atoms with van der Waals surface area (Å²) in [6.07, 6.45) is -7.69. The second kappa shape index (κ2) is 6.19. The number of benzene rings is 1. The molecule has 0 bridgehead atoms. The van der Waals surface area contributed by atoms with E-state index in [0.29, 0.717) is 0 Å². The highest BCUT2D eigenvalue weighted by molar-refractivity contribution is 6.05.